The molecule has 0 unspecified atom stereocenters. The average Bonchev–Trinajstić information content (AvgIpc) is 3.10. The largest absolute Gasteiger partial charge is 0.472 e. The van der Waals surface area contributed by atoms with Gasteiger partial charge in [-0.1, -0.05) is 44.2 Å². The maximum Gasteiger partial charge on any atom is 0.255 e. The molecule has 2 N–H and O–H groups in total. The molecule has 1 aromatic heterocycles. The first kappa shape index (κ1) is 17.8. The van der Waals surface area contributed by atoms with Gasteiger partial charge in [0.2, 0.25) is 5.91 Å². The summed E-state index contributed by atoms with van der Waals surface area (Å²) in [7, 11) is 0. The fourth-order valence-electron chi connectivity index (χ4n) is 2.54. The van der Waals surface area contributed by atoms with Crippen LogP contribution in [0.15, 0.2) is 53.3 Å². The van der Waals surface area contributed by atoms with Crippen LogP contribution < -0.4 is 10.6 Å². The summed E-state index contributed by atoms with van der Waals surface area (Å²) in [5, 5.41) is 5.60. The topological polar surface area (TPSA) is 71.3 Å². The molecule has 2 amide bonds. The number of benzene rings is 1. The molecule has 2 rings (SSSR count). The summed E-state index contributed by atoms with van der Waals surface area (Å²) in [4.78, 5) is 24.2. The zero-order valence-corrected chi connectivity index (χ0v) is 14.3. The fraction of sp³-hybridized carbons (Fsp3) is 0.368. The Morgan fingerprint density at radius 3 is 2.38 bits per heavy atom. The number of rotatable bonds is 7. The van der Waals surface area contributed by atoms with Crippen LogP contribution in [0.3, 0.4) is 0 Å². The first-order chi connectivity index (χ1) is 11.5. The van der Waals surface area contributed by atoms with Gasteiger partial charge in [-0.25, -0.2) is 0 Å². The predicted molar refractivity (Wildman–Crippen MR) is 92.7 cm³/mol. The lowest BCUT2D eigenvalue weighted by Gasteiger charge is -2.23. The van der Waals surface area contributed by atoms with E-state index in [0.29, 0.717) is 18.0 Å². The van der Waals surface area contributed by atoms with Gasteiger partial charge in [-0.2, -0.15) is 0 Å². The molecular weight excluding hydrogens is 304 g/mol. The maximum absolute atomic E-state index is 12.3. The molecule has 0 bridgehead atoms. The second-order valence-corrected chi connectivity index (χ2v) is 6.21. The smallest absolute Gasteiger partial charge is 0.255 e. The number of carbonyl (C=O) groups is 2. The van der Waals surface area contributed by atoms with E-state index in [1.165, 1.54) is 18.1 Å². The van der Waals surface area contributed by atoms with Crippen molar-refractivity contribution in [2.45, 2.75) is 32.7 Å². The highest BCUT2D eigenvalue weighted by Gasteiger charge is 2.20. The van der Waals surface area contributed by atoms with Crippen molar-refractivity contribution in [3.63, 3.8) is 0 Å². The Morgan fingerprint density at radius 2 is 1.79 bits per heavy atom. The van der Waals surface area contributed by atoms with Crippen LogP contribution >= 0.6 is 0 Å². The minimum Gasteiger partial charge on any atom is -0.472 e. The summed E-state index contributed by atoms with van der Waals surface area (Å²) >= 11 is 0. The summed E-state index contributed by atoms with van der Waals surface area (Å²) in [6, 6.07) is 11.1. The first-order valence-electron chi connectivity index (χ1n) is 8.14. The lowest BCUT2D eigenvalue weighted by Crippen LogP contribution is -2.46. The van der Waals surface area contributed by atoms with E-state index < -0.39 is 6.04 Å². The highest BCUT2D eigenvalue weighted by atomic mass is 16.3. The molecule has 2 aromatic rings. The number of hydrogen-bond acceptors (Lipinski definition) is 3. The van der Waals surface area contributed by atoms with Crippen LogP contribution in [-0.2, 0) is 4.79 Å². The van der Waals surface area contributed by atoms with E-state index in [1.54, 1.807) is 13.0 Å². The lowest BCUT2D eigenvalue weighted by molar-refractivity contribution is -0.122. The van der Waals surface area contributed by atoms with E-state index >= 15 is 0 Å². The van der Waals surface area contributed by atoms with Crippen LogP contribution in [-0.4, -0.2) is 24.4 Å². The molecule has 0 saturated heterocycles. The second-order valence-electron chi connectivity index (χ2n) is 6.21. The van der Waals surface area contributed by atoms with Crippen LogP contribution in [0, 0.1) is 5.92 Å². The van der Waals surface area contributed by atoms with E-state index in [0.717, 1.165) is 0 Å². The van der Waals surface area contributed by atoms with E-state index in [-0.39, 0.29) is 17.7 Å². The van der Waals surface area contributed by atoms with Crippen molar-refractivity contribution in [2.75, 3.05) is 6.54 Å². The van der Waals surface area contributed by atoms with E-state index in [2.05, 4.69) is 36.6 Å². The van der Waals surface area contributed by atoms with Crippen molar-refractivity contribution in [3.8, 4) is 0 Å². The minimum atomic E-state index is -0.615. The molecule has 128 valence electrons. The lowest BCUT2D eigenvalue weighted by atomic mass is 9.88. The first-order valence-corrected chi connectivity index (χ1v) is 8.14. The molecule has 24 heavy (non-hydrogen) atoms. The van der Waals surface area contributed by atoms with Crippen molar-refractivity contribution >= 4 is 11.8 Å². The third-order valence-electron chi connectivity index (χ3n) is 4.05. The molecule has 5 nitrogen and oxygen atoms in total. The molecule has 5 heteroatoms. The van der Waals surface area contributed by atoms with Crippen molar-refractivity contribution in [2.24, 2.45) is 5.92 Å². The zero-order chi connectivity index (χ0) is 17.5. The zero-order valence-electron chi connectivity index (χ0n) is 14.3. The Kier molecular flexibility index (Phi) is 6.18. The Labute approximate surface area is 142 Å². The Hall–Kier alpha value is -2.56. The summed E-state index contributed by atoms with van der Waals surface area (Å²) < 4.78 is 4.87. The Bertz CT molecular complexity index is 651. The molecule has 0 radical (unpaired) electrons. The van der Waals surface area contributed by atoms with Crippen molar-refractivity contribution < 1.29 is 14.0 Å². The van der Waals surface area contributed by atoms with Crippen molar-refractivity contribution in [1.82, 2.24) is 10.6 Å². The molecule has 2 atom stereocenters. The number of amides is 2. The van der Waals surface area contributed by atoms with Gasteiger partial charge < -0.3 is 15.1 Å². The van der Waals surface area contributed by atoms with Crippen molar-refractivity contribution in [3.05, 3.63) is 60.1 Å². The van der Waals surface area contributed by atoms with Gasteiger partial charge in [0, 0.05) is 12.5 Å². The molecule has 1 aromatic carbocycles. The highest BCUT2D eigenvalue weighted by Crippen LogP contribution is 2.23. The number of carbonyl (C=O) groups excluding carboxylic acids is 2. The SMILES string of the molecule is CC(C)[C@H](CNC(=O)[C@H](C)NC(=O)c1ccoc1)c1ccccc1. The molecule has 0 aliphatic rings. The van der Waals surface area contributed by atoms with Crippen LogP contribution in [0.2, 0.25) is 0 Å². The van der Waals surface area contributed by atoms with Crippen LogP contribution in [0.1, 0.15) is 42.6 Å². The molecule has 0 saturated carbocycles. The van der Waals surface area contributed by atoms with Gasteiger partial charge in [0.1, 0.15) is 12.3 Å². The summed E-state index contributed by atoms with van der Waals surface area (Å²) in [6.07, 6.45) is 2.77. The Balaban J connectivity index is 1.89. The van der Waals surface area contributed by atoms with Gasteiger partial charge in [-0.05, 0) is 24.5 Å². The van der Waals surface area contributed by atoms with Crippen LogP contribution in [0.5, 0.6) is 0 Å². The third kappa shape index (κ3) is 4.72. The second kappa shape index (κ2) is 8.34. The van der Waals surface area contributed by atoms with Gasteiger partial charge >= 0.3 is 0 Å². The van der Waals surface area contributed by atoms with Gasteiger partial charge in [0.25, 0.3) is 5.91 Å². The van der Waals surface area contributed by atoms with Gasteiger partial charge in [-0.3, -0.25) is 9.59 Å². The number of nitrogens with one attached hydrogen (secondary N) is 2. The highest BCUT2D eigenvalue weighted by molar-refractivity contribution is 5.97. The number of hydrogen-bond donors (Lipinski definition) is 2. The van der Waals surface area contributed by atoms with Gasteiger partial charge in [0.15, 0.2) is 0 Å². The average molecular weight is 328 g/mol. The Morgan fingerprint density at radius 1 is 1.08 bits per heavy atom. The quantitative estimate of drug-likeness (QED) is 0.821. The summed E-state index contributed by atoms with van der Waals surface area (Å²) in [6.45, 7) is 6.47. The van der Waals surface area contributed by atoms with Gasteiger partial charge in [-0.15, -0.1) is 0 Å². The van der Waals surface area contributed by atoms with Crippen LogP contribution in [0.4, 0.5) is 0 Å². The standard InChI is InChI=1S/C19H24N2O3/c1-13(2)17(15-7-5-4-6-8-15)11-20-18(22)14(3)21-19(23)16-9-10-24-12-16/h4-10,12-14,17H,11H2,1-3H3,(H,20,22)(H,21,23)/t14-,17-/m0/s1. The van der Waals surface area contributed by atoms with E-state index in [9.17, 15) is 9.59 Å². The minimum absolute atomic E-state index is 0.201. The van der Waals surface area contributed by atoms with E-state index in [1.807, 2.05) is 18.2 Å². The molecular formula is C19H24N2O3. The fourth-order valence-corrected chi connectivity index (χ4v) is 2.54. The predicted octanol–water partition coefficient (Wildman–Crippen LogP) is 2.95. The van der Waals surface area contributed by atoms with E-state index in [4.69, 9.17) is 4.42 Å². The number of furan rings is 1. The van der Waals surface area contributed by atoms with Crippen molar-refractivity contribution in [1.29, 1.82) is 0 Å². The monoisotopic (exact) mass is 328 g/mol. The third-order valence-corrected chi connectivity index (χ3v) is 4.05. The normalized spacial score (nSPS) is 13.3. The van der Waals surface area contributed by atoms with Crippen LogP contribution in [0.25, 0.3) is 0 Å². The summed E-state index contributed by atoms with van der Waals surface area (Å²) in [5.74, 6) is 0.0961. The maximum atomic E-state index is 12.3. The molecule has 0 aliphatic heterocycles. The molecule has 0 aliphatic carbocycles. The molecule has 1 heterocycles. The summed E-state index contributed by atoms with van der Waals surface area (Å²) in [5.41, 5.74) is 1.60. The molecule has 0 spiro atoms. The molecule has 0 fully saturated rings. The van der Waals surface area contributed by atoms with Gasteiger partial charge in [0.05, 0.1) is 11.8 Å².